The molecule has 0 radical (unpaired) electrons. The van der Waals surface area contributed by atoms with Gasteiger partial charge in [0.25, 0.3) is 0 Å². The molecule has 0 fully saturated rings. The summed E-state index contributed by atoms with van der Waals surface area (Å²) in [5.74, 6) is -3.41. The highest BCUT2D eigenvalue weighted by Gasteiger charge is 2.25. The minimum atomic E-state index is -1.43. The second kappa shape index (κ2) is 4.67. The number of carboxylic acids is 1. The quantitative estimate of drug-likeness (QED) is 0.783. The molecule has 1 aromatic carbocycles. The maximum absolute atomic E-state index is 13.5. The third kappa shape index (κ3) is 2.10. The third-order valence-corrected chi connectivity index (χ3v) is 2.59. The van der Waals surface area contributed by atoms with Crippen molar-refractivity contribution in [2.24, 2.45) is 5.73 Å². The van der Waals surface area contributed by atoms with Crippen LogP contribution < -0.4 is 10.5 Å². The molecule has 0 heterocycles. The number of phenols is 1. The maximum atomic E-state index is 13.5. The van der Waals surface area contributed by atoms with Gasteiger partial charge < -0.3 is 20.7 Å². The van der Waals surface area contributed by atoms with Crippen LogP contribution in [-0.2, 0) is 4.79 Å². The van der Waals surface area contributed by atoms with Crippen molar-refractivity contribution in [1.82, 2.24) is 0 Å². The molecule has 5 nitrogen and oxygen atoms in total. The second-order valence-corrected chi connectivity index (χ2v) is 3.81. The van der Waals surface area contributed by atoms with Gasteiger partial charge in [-0.3, -0.25) is 4.79 Å². The number of halogens is 2. The molecule has 0 spiro atoms. The van der Waals surface area contributed by atoms with E-state index in [-0.39, 0.29) is 15.8 Å². The normalized spacial score (nSPS) is 12.2. The van der Waals surface area contributed by atoms with E-state index in [0.717, 1.165) is 7.11 Å². The van der Waals surface area contributed by atoms with Crippen molar-refractivity contribution >= 4 is 21.9 Å². The van der Waals surface area contributed by atoms with Crippen LogP contribution in [0.3, 0.4) is 0 Å². The van der Waals surface area contributed by atoms with Crippen molar-refractivity contribution in [2.75, 3.05) is 7.11 Å². The van der Waals surface area contributed by atoms with E-state index < -0.39 is 23.6 Å². The van der Waals surface area contributed by atoms with Gasteiger partial charge in [-0.2, -0.15) is 4.39 Å². The monoisotopic (exact) mass is 293 g/mol. The first-order valence-corrected chi connectivity index (χ1v) is 4.92. The van der Waals surface area contributed by atoms with E-state index in [4.69, 9.17) is 10.8 Å². The average molecular weight is 294 g/mol. The van der Waals surface area contributed by atoms with E-state index in [1.165, 1.54) is 6.07 Å². The van der Waals surface area contributed by atoms with Crippen LogP contribution in [0, 0.1) is 5.82 Å². The van der Waals surface area contributed by atoms with Crippen molar-refractivity contribution in [2.45, 2.75) is 6.04 Å². The van der Waals surface area contributed by atoms with E-state index >= 15 is 0 Å². The molecule has 0 saturated carbocycles. The number of hydrogen-bond donors (Lipinski definition) is 3. The SMILES string of the molecule is COc1c(C(N)C(=O)O)cc(Br)c(O)c1F. The Kier molecular flexibility index (Phi) is 3.71. The van der Waals surface area contributed by atoms with Crippen molar-refractivity contribution in [3.05, 3.63) is 21.9 Å². The topological polar surface area (TPSA) is 92.8 Å². The number of aromatic hydroxyl groups is 1. The zero-order valence-electron chi connectivity index (χ0n) is 8.20. The molecule has 1 aromatic rings. The fourth-order valence-electron chi connectivity index (χ4n) is 1.18. The number of benzene rings is 1. The summed E-state index contributed by atoms with van der Waals surface area (Å²) in [6.07, 6.45) is 0. The first-order valence-electron chi connectivity index (χ1n) is 4.13. The van der Waals surface area contributed by atoms with Crippen molar-refractivity contribution < 1.29 is 24.1 Å². The van der Waals surface area contributed by atoms with Gasteiger partial charge in [0.05, 0.1) is 11.6 Å². The van der Waals surface area contributed by atoms with Gasteiger partial charge in [0, 0.05) is 5.56 Å². The van der Waals surface area contributed by atoms with Crippen LogP contribution >= 0.6 is 15.9 Å². The largest absolute Gasteiger partial charge is 0.504 e. The van der Waals surface area contributed by atoms with Gasteiger partial charge in [-0.25, -0.2) is 0 Å². The van der Waals surface area contributed by atoms with E-state index in [2.05, 4.69) is 20.7 Å². The lowest BCUT2D eigenvalue weighted by Crippen LogP contribution is -2.21. The second-order valence-electron chi connectivity index (χ2n) is 2.96. The average Bonchev–Trinajstić information content (AvgIpc) is 2.24. The highest BCUT2D eigenvalue weighted by Crippen LogP contribution is 2.38. The summed E-state index contributed by atoms with van der Waals surface area (Å²) in [7, 11) is 1.16. The van der Waals surface area contributed by atoms with Crippen LogP contribution in [0.1, 0.15) is 11.6 Å². The standard InChI is InChI=1S/C9H9BrFNO4/c1-16-8-3(6(12)9(14)15)2-4(10)7(13)5(8)11/h2,6,13H,12H2,1H3,(H,14,15). The van der Waals surface area contributed by atoms with Crippen LogP contribution in [-0.4, -0.2) is 23.3 Å². The molecule has 1 rings (SSSR count). The van der Waals surface area contributed by atoms with Gasteiger partial charge in [-0.15, -0.1) is 0 Å². The van der Waals surface area contributed by atoms with Gasteiger partial charge in [0.2, 0.25) is 5.82 Å². The number of carboxylic acid groups (broad SMARTS) is 1. The molecule has 0 saturated heterocycles. The fraction of sp³-hybridized carbons (Fsp3) is 0.222. The molecule has 16 heavy (non-hydrogen) atoms. The van der Waals surface area contributed by atoms with Crippen molar-refractivity contribution in [3.63, 3.8) is 0 Å². The molecule has 1 unspecified atom stereocenters. The lowest BCUT2D eigenvalue weighted by atomic mass is 10.1. The summed E-state index contributed by atoms with van der Waals surface area (Å²) < 4.78 is 18.2. The molecule has 88 valence electrons. The predicted molar refractivity (Wildman–Crippen MR) is 56.9 cm³/mol. The Balaban J connectivity index is 3.44. The smallest absolute Gasteiger partial charge is 0.325 e. The van der Waals surface area contributed by atoms with Gasteiger partial charge in [0.1, 0.15) is 6.04 Å². The highest BCUT2D eigenvalue weighted by molar-refractivity contribution is 9.10. The van der Waals surface area contributed by atoms with Crippen LogP contribution in [0.2, 0.25) is 0 Å². The molecule has 0 bridgehead atoms. The Morgan fingerprint density at radius 3 is 2.69 bits per heavy atom. The van der Waals surface area contributed by atoms with Gasteiger partial charge in [-0.05, 0) is 22.0 Å². The number of methoxy groups -OCH3 is 1. The molecule has 1 atom stereocenters. The summed E-state index contributed by atoms with van der Waals surface area (Å²) in [5.41, 5.74) is 5.30. The Bertz CT molecular complexity index is 438. The number of carbonyl (C=O) groups is 1. The maximum Gasteiger partial charge on any atom is 0.325 e. The molecular weight excluding hydrogens is 285 g/mol. The van der Waals surface area contributed by atoms with Gasteiger partial charge >= 0.3 is 5.97 Å². The summed E-state index contributed by atoms with van der Waals surface area (Å²) >= 11 is 2.88. The minimum absolute atomic E-state index is 0.0116. The number of nitrogens with two attached hydrogens (primary N) is 1. The molecule has 7 heteroatoms. The number of ether oxygens (including phenoxy) is 1. The van der Waals surface area contributed by atoms with E-state index in [9.17, 15) is 14.3 Å². The Hall–Kier alpha value is -1.34. The predicted octanol–water partition coefficient (Wildman–Crippen LogP) is 1.39. The zero-order valence-corrected chi connectivity index (χ0v) is 9.78. The summed E-state index contributed by atoms with van der Waals surface area (Å²) in [6.45, 7) is 0. The number of phenolic OH excluding ortho intramolecular Hbond substituents is 1. The molecule has 0 aliphatic carbocycles. The molecule has 4 N–H and O–H groups in total. The molecule has 0 aliphatic heterocycles. The molecule has 0 amide bonds. The number of rotatable bonds is 3. The summed E-state index contributed by atoms with van der Waals surface area (Å²) in [5, 5.41) is 18.0. The molecule has 0 aromatic heterocycles. The molecule has 0 aliphatic rings. The van der Waals surface area contributed by atoms with Crippen molar-refractivity contribution in [1.29, 1.82) is 0 Å². The van der Waals surface area contributed by atoms with Crippen LogP contribution in [0.4, 0.5) is 4.39 Å². The fourth-order valence-corrected chi connectivity index (χ4v) is 1.60. The third-order valence-electron chi connectivity index (χ3n) is 1.98. The first kappa shape index (κ1) is 12.7. The van der Waals surface area contributed by atoms with Gasteiger partial charge in [0.15, 0.2) is 11.5 Å². The van der Waals surface area contributed by atoms with Crippen LogP contribution in [0.15, 0.2) is 10.5 Å². The Labute approximate surface area is 98.8 Å². The summed E-state index contributed by atoms with van der Waals surface area (Å²) in [6, 6.07) is -0.225. The van der Waals surface area contributed by atoms with E-state index in [1.54, 1.807) is 0 Å². The lowest BCUT2D eigenvalue weighted by molar-refractivity contribution is -0.138. The Morgan fingerprint density at radius 1 is 1.69 bits per heavy atom. The van der Waals surface area contributed by atoms with Crippen LogP contribution in [0.25, 0.3) is 0 Å². The lowest BCUT2D eigenvalue weighted by Gasteiger charge is -2.14. The Morgan fingerprint density at radius 2 is 2.25 bits per heavy atom. The summed E-state index contributed by atoms with van der Waals surface area (Å²) in [4.78, 5) is 10.7. The van der Waals surface area contributed by atoms with Crippen molar-refractivity contribution in [3.8, 4) is 11.5 Å². The number of aliphatic carboxylic acids is 1. The number of hydrogen-bond acceptors (Lipinski definition) is 4. The van der Waals surface area contributed by atoms with E-state index in [0.29, 0.717) is 0 Å². The minimum Gasteiger partial charge on any atom is -0.504 e. The zero-order chi connectivity index (χ0) is 12.5. The van der Waals surface area contributed by atoms with E-state index in [1.807, 2.05) is 0 Å². The van der Waals surface area contributed by atoms with Crippen LogP contribution in [0.5, 0.6) is 11.5 Å². The van der Waals surface area contributed by atoms with Gasteiger partial charge in [-0.1, -0.05) is 0 Å². The first-order chi connectivity index (χ1) is 7.40. The molecular formula is C9H9BrFNO4. The highest BCUT2D eigenvalue weighted by atomic mass is 79.9.